The molecule has 7 nitrogen and oxygen atoms in total. The summed E-state index contributed by atoms with van der Waals surface area (Å²) in [5.74, 6) is -0.961. The third-order valence-electron chi connectivity index (χ3n) is 6.18. The van der Waals surface area contributed by atoms with Gasteiger partial charge in [-0.25, -0.2) is 0 Å². The van der Waals surface area contributed by atoms with Crippen molar-refractivity contribution in [2.45, 2.75) is 57.8 Å². The fourth-order valence-electron chi connectivity index (χ4n) is 4.42. The average molecular weight is 541 g/mol. The molecule has 3 aromatic carbocycles. The Morgan fingerprint density at radius 1 is 0.658 bits per heavy atom. The molecule has 1 aliphatic heterocycles. The van der Waals surface area contributed by atoms with E-state index < -0.39 is 31.8 Å². The molecule has 204 valence electrons. The van der Waals surface area contributed by atoms with Gasteiger partial charge < -0.3 is 28.0 Å². The Labute approximate surface area is 225 Å². The lowest BCUT2D eigenvalue weighted by atomic mass is 10.1. The lowest BCUT2D eigenvalue weighted by molar-refractivity contribution is -0.0896. The van der Waals surface area contributed by atoms with Crippen LogP contribution in [0.15, 0.2) is 91.0 Å². The van der Waals surface area contributed by atoms with Crippen LogP contribution in [0.1, 0.15) is 30.5 Å². The lowest BCUT2D eigenvalue weighted by Gasteiger charge is -2.28. The number of ether oxygens (including phenoxy) is 4. The first-order valence-corrected chi connectivity index (χ1v) is 14.7. The molecule has 0 bridgehead atoms. The summed E-state index contributed by atoms with van der Waals surface area (Å²) < 4.78 is 50.6. The van der Waals surface area contributed by atoms with Gasteiger partial charge in [-0.3, -0.25) is 4.57 Å². The molecule has 1 fully saturated rings. The van der Waals surface area contributed by atoms with Gasteiger partial charge in [0.1, 0.15) is 18.3 Å². The molecule has 4 rings (SSSR count). The zero-order valence-electron chi connectivity index (χ0n) is 22.0. The highest BCUT2D eigenvalue weighted by Gasteiger charge is 2.55. The minimum Gasteiger partial charge on any atom is -0.374 e. The number of benzene rings is 3. The van der Waals surface area contributed by atoms with Gasteiger partial charge in [-0.2, -0.15) is 0 Å². The van der Waals surface area contributed by atoms with E-state index in [0.717, 1.165) is 16.7 Å². The third kappa shape index (κ3) is 7.84. The van der Waals surface area contributed by atoms with Crippen LogP contribution in [0, 0.1) is 0 Å². The molecule has 0 amide bonds. The highest BCUT2D eigenvalue weighted by Crippen LogP contribution is 2.58. The van der Waals surface area contributed by atoms with Crippen molar-refractivity contribution in [2.75, 3.05) is 19.8 Å². The van der Waals surface area contributed by atoms with Crippen molar-refractivity contribution in [3.05, 3.63) is 108 Å². The van der Waals surface area contributed by atoms with Gasteiger partial charge >= 0.3 is 7.60 Å². The molecule has 0 N–H and O–H groups in total. The standard InChI is InChI=1S/C30H37O7P/c1-3-35-38(31,36-4-2)30-29(34-22-26-18-12-7-13-19-26)28(33-21-25-16-10-6-11-17-25)27(37-30)23-32-20-24-14-8-5-9-15-24/h5-19,27-30H,3-4,20-23H2,1-2H3/t27-,28-,29+,30-/m1/s1. The van der Waals surface area contributed by atoms with Crippen molar-refractivity contribution in [3.8, 4) is 0 Å². The number of hydrogen-bond donors (Lipinski definition) is 0. The predicted molar refractivity (Wildman–Crippen MR) is 146 cm³/mol. The lowest BCUT2D eigenvalue weighted by Crippen LogP contribution is -2.39. The van der Waals surface area contributed by atoms with Crippen LogP contribution in [-0.4, -0.2) is 44.0 Å². The molecule has 0 radical (unpaired) electrons. The first kappa shape index (κ1) is 28.7. The van der Waals surface area contributed by atoms with Gasteiger partial charge in [-0.1, -0.05) is 91.0 Å². The van der Waals surface area contributed by atoms with Crippen LogP contribution in [-0.2, 0) is 52.4 Å². The topological polar surface area (TPSA) is 72.5 Å². The largest absolute Gasteiger partial charge is 0.374 e. The minimum atomic E-state index is -3.69. The van der Waals surface area contributed by atoms with E-state index in [1.165, 1.54) is 0 Å². The molecule has 1 heterocycles. The summed E-state index contributed by atoms with van der Waals surface area (Å²) in [4.78, 5) is 0. The van der Waals surface area contributed by atoms with E-state index in [1.54, 1.807) is 13.8 Å². The van der Waals surface area contributed by atoms with E-state index >= 15 is 0 Å². The van der Waals surface area contributed by atoms with E-state index in [9.17, 15) is 4.57 Å². The monoisotopic (exact) mass is 540 g/mol. The van der Waals surface area contributed by atoms with Gasteiger partial charge in [-0.05, 0) is 30.5 Å². The molecule has 38 heavy (non-hydrogen) atoms. The zero-order chi connectivity index (χ0) is 26.6. The zero-order valence-corrected chi connectivity index (χ0v) is 22.9. The van der Waals surface area contributed by atoms with E-state index in [0.29, 0.717) is 19.8 Å². The predicted octanol–water partition coefficient (Wildman–Crippen LogP) is 6.37. The first-order valence-electron chi connectivity index (χ1n) is 13.1. The van der Waals surface area contributed by atoms with Crippen LogP contribution in [0.4, 0.5) is 0 Å². The maximum Gasteiger partial charge on any atom is 0.361 e. The van der Waals surface area contributed by atoms with Crippen LogP contribution in [0.25, 0.3) is 0 Å². The third-order valence-corrected chi connectivity index (χ3v) is 8.45. The van der Waals surface area contributed by atoms with Crippen molar-refractivity contribution >= 4 is 7.60 Å². The fourth-order valence-corrected chi connectivity index (χ4v) is 6.43. The highest BCUT2D eigenvalue weighted by atomic mass is 31.2. The summed E-state index contributed by atoms with van der Waals surface area (Å²) in [5, 5.41) is 0. The molecule has 0 aromatic heterocycles. The van der Waals surface area contributed by atoms with E-state index in [1.807, 2.05) is 91.0 Å². The van der Waals surface area contributed by atoms with Crippen LogP contribution in [0.5, 0.6) is 0 Å². The van der Waals surface area contributed by atoms with E-state index in [4.69, 9.17) is 28.0 Å². The Kier molecular flexibility index (Phi) is 11.1. The second-order valence-corrected chi connectivity index (χ2v) is 11.1. The molecular formula is C30H37O7P. The number of hydrogen-bond acceptors (Lipinski definition) is 7. The quantitative estimate of drug-likeness (QED) is 0.208. The molecular weight excluding hydrogens is 503 g/mol. The molecule has 0 spiro atoms. The Morgan fingerprint density at radius 2 is 1.11 bits per heavy atom. The van der Waals surface area contributed by atoms with Crippen LogP contribution in [0.2, 0.25) is 0 Å². The Bertz CT molecular complexity index is 1100. The first-order chi connectivity index (χ1) is 18.6. The summed E-state index contributed by atoms with van der Waals surface area (Å²) >= 11 is 0. The van der Waals surface area contributed by atoms with Crippen LogP contribution in [0.3, 0.4) is 0 Å². The fraction of sp³-hybridized carbons (Fsp3) is 0.400. The molecule has 8 heteroatoms. The molecule has 3 aromatic rings. The Morgan fingerprint density at radius 3 is 1.58 bits per heavy atom. The van der Waals surface area contributed by atoms with Gasteiger partial charge in [0.05, 0.1) is 39.6 Å². The van der Waals surface area contributed by atoms with E-state index in [-0.39, 0.29) is 19.8 Å². The summed E-state index contributed by atoms with van der Waals surface area (Å²) in [6.07, 6.45) is -1.80. The Balaban J connectivity index is 1.58. The van der Waals surface area contributed by atoms with Gasteiger partial charge in [0.15, 0.2) is 5.85 Å². The van der Waals surface area contributed by atoms with Crippen molar-refractivity contribution in [2.24, 2.45) is 0 Å². The summed E-state index contributed by atoms with van der Waals surface area (Å²) in [6, 6.07) is 29.6. The van der Waals surface area contributed by atoms with Gasteiger partial charge in [0.25, 0.3) is 0 Å². The summed E-state index contributed by atoms with van der Waals surface area (Å²) in [6.45, 7) is 5.28. The normalized spacial score (nSPS) is 21.5. The van der Waals surface area contributed by atoms with E-state index in [2.05, 4.69) is 0 Å². The summed E-state index contributed by atoms with van der Waals surface area (Å²) in [5.41, 5.74) is 3.05. The highest BCUT2D eigenvalue weighted by molar-refractivity contribution is 7.54. The second kappa shape index (κ2) is 14.7. The van der Waals surface area contributed by atoms with Gasteiger partial charge in [-0.15, -0.1) is 0 Å². The van der Waals surface area contributed by atoms with Gasteiger partial charge in [0, 0.05) is 0 Å². The molecule has 4 atom stereocenters. The Hall–Kier alpha value is -2.35. The minimum absolute atomic E-state index is 0.216. The summed E-state index contributed by atoms with van der Waals surface area (Å²) in [7, 11) is -3.69. The molecule has 0 aliphatic carbocycles. The molecule has 0 unspecified atom stereocenters. The maximum absolute atomic E-state index is 14.0. The molecule has 1 aliphatic rings. The number of rotatable bonds is 15. The van der Waals surface area contributed by atoms with Crippen molar-refractivity contribution in [1.29, 1.82) is 0 Å². The van der Waals surface area contributed by atoms with Crippen molar-refractivity contribution in [3.63, 3.8) is 0 Å². The van der Waals surface area contributed by atoms with Crippen LogP contribution >= 0.6 is 7.60 Å². The average Bonchev–Trinajstić information content (AvgIpc) is 3.30. The molecule has 1 saturated heterocycles. The van der Waals surface area contributed by atoms with Crippen molar-refractivity contribution < 1.29 is 32.6 Å². The second-order valence-electron chi connectivity index (χ2n) is 8.96. The SMILES string of the molecule is CCOP(=O)(OCC)[C@H]1O[C@H](COCc2ccccc2)[C@@H](OCc2ccccc2)[C@@H]1OCc1ccccc1. The smallest absolute Gasteiger partial charge is 0.361 e. The van der Waals surface area contributed by atoms with Gasteiger partial charge in [0.2, 0.25) is 0 Å². The van der Waals surface area contributed by atoms with Crippen LogP contribution < -0.4 is 0 Å². The van der Waals surface area contributed by atoms with Crippen molar-refractivity contribution in [1.82, 2.24) is 0 Å². The maximum atomic E-state index is 14.0. The molecule has 0 saturated carbocycles.